The lowest BCUT2D eigenvalue weighted by Gasteiger charge is -2.38. The van der Waals surface area contributed by atoms with Crippen LogP contribution < -0.4 is 5.32 Å². The molecule has 1 aliphatic carbocycles. The molecule has 52 heavy (non-hydrogen) atoms. The first-order valence-electron chi connectivity index (χ1n) is 18.3. The highest BCUT2D eigenvalue weighted by Gasteiger charge is 2.41. The number of ether oxygens (including phenoxy) is 2. The summed E-state index contributed by atoms with van der Waals surface area (Å²) in [4.78, 5) is 54.9. The number of piperidine rings is 1. The Balaban J connectivity index is 0.000000398. The van der Waals surface area contributed by atoms with Gasteiger partial charge in [0.25, 0.3) is 5.91 Å². The van der Waals surface area contributed by atoms with Crippen molar-refractivity contribution in [2.24, 2.45) is 0 Å². The number of amides is 1. The minimum Gasteiger partial charge on any atom is -0.481 e. The fourth-order valence-corrected chi connectivity index (χ4v) is 7.38. The van der Waals surface area contributed by atoms with E-state index in [1.807, 2.05) is 18.9 Å². The standard InChI is InChI=1S/C32H46N4O3.C6H8O7/c1-22-11-13-24(14-12-22)29-10-6-7-26(39-29)15-16-27-23(2)31(34-21-33-27)32(37)36-19-17-25(18-20-36)35-28-8-4-5-9-30(28)38-3;7-3(8)1-6(13,5(11)12)2-4(9)10/h11-14,21,25-26,28-30,35H,4-10,15-20H2,1-3H3;13H,1-2H2,(H,7,8)(H,9,10)(H,11,12)/t26-,28-,29+,30+;/m1./s1. The molecular weight excluding hydrogens is 672 g/mol. The SMILES string of the molecule is CO[C@H]1CCCC[C@H]1NC1CCN(C(=O)c2ncnc(CC[C@H]3CCC[C@@H](c4ccc(C)cc4)O3)c2C)CC1.O=C(O)CC(O)(CC(=O)O)C(=O)O. The summed E-state index contributed by atoms with van der Waals surface area (Å²) in [6.45, 7) is 5.64. The van der Waals surface area contributed by atoms with Crippen molar-refractivity contribution in [3.63, 3.8) is 0 Å². The Morgan fingerprint density at radius 3 is 2.17 bits per heavy atom. The fourth-order valence-electron chi connectivity index (χ4n) is 7.38. The van der Waals surface area contributed by atoms with Gasteiger partial charge in [0.1, 0.15) is 12.0 Å². The summed E-state index contributed by atoms with van der Waals surface area (Å²) >= 11 is 0. The van der Waals surface area contributed by atoms with Crippen molar-refractivity contribution in [3.8, 4) is 0 Å². The molecule has 0 bridgehead atoms. The number of carboxylic acid groups (broad SMARTS) is 3. The number of rotatable bonds is 13. The van der Waals surface area contributed by atoms with Crippen molar-refractivity contribution in [3.05, 3.63) is 58.7 Å². The second kappa shape index (κ2) is 19.2. The molecular formula is C38H54N4O10. The first-order chi connectivity index (χ1) is 24.8. The van der Waals surface area contributed by atoms with Crippen LogP contribution in [0.3, 0.4) is 0 Å². The molecule has 1 aromatic carbocycles. The summed E-state index contributed by atoms with van der Waals surface area (Å²) in [5.41, 5.74) is 2.24. The average Bonchev–Trinajstić information content (AvgIpc) is 3.11. The second-order valence-corrected chi connectivity index (χ2v) is 14.3. The van der Waals surface area contributed by atoms with E-state index in [1.165, 1.54) is 36.8 Å². The van der Waals surface area contributed by atoms with Crippen LogP contribution in [0.15, 0.2) is 30.6 Å². The number of aliphatic hydroxyl groups is 1. The molecule has 2 saturated heterocycles. The molecule has 3 fully saturated rings. The average molecular weight is 727 g/mol. The van der Waals surface area contributed by atoms with E-state index in [9.17, 15) is 19.2 Å². The van der Waals surface area contributed by atoms with Gasteiger partial charge in [0, 0.05) is 43.5 Å². The number of nitrogens with one attached hydrogen (secondary N) is 1. The molecule has 1 saturated carbocycles. The summed E-state index contributed by atoms with van der Waals surface area (Å²) in [5.74, 6) is -4.98. The Morgan fingerprint density at radius 1 is 0.904 bits per heavy atom. The summed E-state index contributed by atoms with van der Waals surface area (Å²) in [6.07, 6.45) is 11.8. The number of carbonyl (C=O) groups is 4. The van der Waals surface area contributed by atoms with Gasteiger partial charge in [-0.15, -0.1) is 0 Å². The highest BCUT2D eigenvalue weighted by Crippen LogP contribution is 2.33. The Labute approximate surface area is 304 Å². The first-order valence-corrected chi connectivity index (χ1v) is 18.3. The van der Waals surface area contributed by atoms with Gasteiger partial charge in [-0.3, -0.25) is 14.4 Å². The second-order valence-electron chi connectivity index (χ2n) is 14.3. The fraction of sp³-hybridized carbons (Fsp3) is 0.632. The quantitative estimate of drug-likeness (QED) is 0.196. The summed E-state index contributed by atoms with van der Waals surface area (Å²) in [5, 5.41) is 37.7. The van der Waals surface area contributed by atoms with Gasteiger partial charge in [0.15, 0.2) is 5.60 Å². The third kappa shape index (κ3) is 11.5. The largest absolute Gasteiger partial charge is 0.481 e. The van der Waals surface area contributed by atoms with Crippen molar-refractivity contribution in [1.82, 2.24) is 20.2 Å². The highest BCUT2D eigenvalue weighted by molar-refractivity contribution is 5.94. The van der Waals surface area contributed by atoms with E-state index in [0.717, 1.165) is 69.3 Å². The van der Waals surface area contributed by atoms with Gasteiger partial charge in [-0.05, 0) is 77.2 Å². The third-order valence-corrected chi connectivity index (χ3v) is 10.4. The number of hydrogen-bond acceptors (Lipinski definition) is 10. The van der Waals surface area contributed by atoms with Gasteiger partial charge in [-0.2, -0.15) is 0 Å². The summed E-state index contributed by atoms with van der Waals surface area (Å²) in [7, 11) is 1.83. The topological polar surface area (TPSA) is 209 Å². The number of aliphatic carboxylic acids is 3. The lowest BCUT2D eigenvalue weighted by molar-refractivity contribution is -0.170. The molecule has 2 aliphatic heterocycles. The van der Waals surface area contributed by atoms with E-state index in [1.54, 1.807) is 6.33 Å². The number of likely N-dealkylation sites (tertiary alicyclic amines) is 1. The maximum Gasteiger partial charge on any atom is 0.336 e. The predicted octanol–water partition coefficient (Wildman–Crippen LogP) is 4.24. The molecule has 3 aliphatic rings. The lowest BCUT2D eigenvalue weighted by atomic mass is 9.90. The number of carboxylic acids is 3. The van der Waals surface area contributed by atoms with Crippen LogP contribution >= 0.6 is 0 Å². The van der Waals surface area contributed by atoms with Crippen LogP contribution in [0, 0.1) is 13.8 Å². The van der Waals surface area contributed by atoms with Gasteiger partial charge in [-0.25, -0.2) is 14.8 Å². The van der Waals surface area contributed by atoms with Crippen molar-refractivity contribution < 1.29 is 49.1 Å². The van der Waals surface area contributed by atoms with Gasteiger partial charge in [-0.1, -0.05) is 42.7 Å². The Bertz CT molecular complexity index is 1500. The van der Waals surface area contributed by atoms with Gasteiger partial charge in [0.05, 0.1) is 31.2 Å². The number of hydrogen-bond donors (Lipinski definition) is 5. The normalized spacial score (nSPS) is 22.6. The molecule has 4 atom stereocenters. The van der Waals surface area contributed by atoms with Crippen molar-refractivity contribution >= 4 is 23.8 Å². The molecule has 1 aromatic heterocycles. The molecule has 0 radical (unpaired) electrons. The van der Waals surface area contributed by atoms with Crippen molar-refractivity contribution in [1.29, 1.82) is 0 Å². The number of aromatic nitrogens is 2. The molecule has 0 unspecified atom stereocenters. The Hall–Kier alpha value is -3.98. The zero-order valence-electron chi connectivity index (χ0n) is 30.5. The molecule has 286 valence electrons. The Morgan fingerprint density at radius 2 is 1.56 bits per heavy atom. The van der Waals surface area contributed by atoms with E-state index in [-0.39, 0.29) is 18.1 Å². The van der Waals surface area contributed by atoms with Gasteiger partial charge in [0.2, 0.25) is 0 Å². The molecule has 14 heteroatoms. The number of methoxy groups -OCH3 is 1. The van der Waals surface area contributed by atoms with Crippen LogP contribution in [0.1, 0.15) is 116 Å². The maximum atomic E-state index is 13.5. The predicted molar refractivity (Wildman–Crippen MR) is 190 cm³/mol. The molecule has 1 amide bonds. The van der Waals surface area contributed by atoms with Crippen LogP contribution in [0.2, 0.25) is 0 Å². The van der Waals surface area contributed by atoms with Gasteiger partial charge < -0.3 is 40.1 Å². The van der Waals surface area contributed by atoms with E-state index in [0.29, 0.717) is 23.9 Å². The number of carbonyl (C=O) groups excluding carboxylic acids is 1. The van der Waals surface area contributed by atoms with E-state index >= 15 is 0 Å². The van der Waals surface area contributed by atoms with E-state index in [4.69, 9.17) is 29.9 Å². The minimum atomic E-state index is -2.74. The monoisotopic (exact) mass is 726 g/mol. The maximum absolute atomic E-state index is 13.5. The molecule has 14 nitrogen and oxygen atoms in total. The lowest BCUT2D eigenvalue weighted by Crippen LogP contribution is -2.52. The zero-order valence-corrected chi connectivity index (χ0v) is 30.5. The first kappa shape index (κ1) is 40.8. The van der Waals surface area contributed by atoms with Crippen LogP contribution in [-0.2, 0) is 30.3 Å². The number of nitrogens with zero attached hydrogens (tertiary/aromatic N) is 3. The summed E-state index contributed by atoms with van der Waals surface area (Å²) in [6, 6.07) is 9.59. The number of benzene rings is 1. The van der Waals surface area contributed by atoms with Crippen LogP contribution in [0.4, 0.5) is 0 Å². The molecule has 5 rings (SSSR count). The van der Waals surface area contributed by atoms with Crippen LogP contribution in [0.5, 0.6) is 0 Å². The summed E-state index contributed by atoms with van der Waals surface area (Å²) < 4.78 is 12.2. The van der Waals surface area contributed by atoms with Crippen LogP contribution in [0.25, 0.3) is 0 Å². The molecule has 3 heterocycles. The minimum absolute atomic E-state index is 0.0374. The van der Waals surface area contributed by atoms with E-state index in [2.05, 4.69) is 46.5 Å². The smallest absolute Gasteiger partial charge is 0.336 e. The highest BCUT2D eigenvalue weighted by atomic mass is 16.5. The molecule has 5 N–H and O–H groups in total. The number of aryl methyl sites for hydroxylation is 2. The van der Waals surface area contributed by atoms with Crippen LogP contribution in [-0.4, -0.2) is 109 Å². The van der Waals surface area contributed by atoms with E-state index < -0.39 is 36.4 Å². The van der Waals surface area contributed by atoms with Crippen molar-refractivity contribution in [2.45, 2.75) is 133 Å². The van der Waals surface area contributed by atoms with Gasteiger partial charge >= 0.3 is 17.9 Å². The molecule has 2 aromatic rings. The third-order valence-electron chi connectivity index (χ3n) is 10.4. The molecule has 0 spiro atoms. The Kier molecular flexibility index (Phi) is 15.1. The van der Waals surface area contributed by atoms with Crippen molar-refractivity contribution in [2.75, 3.05) is 20.2 Å². The zero-order chi connectivity index (χ0) is 37.8.